The van der Waals surface area contributed by atoms with Gasteiger partial charge < -0.3 is 14.2 Å². The van der Waals surface area contributed by atoms with Crippen molar-refractivity contribution in [1.29, 1.82) is 0 Å². The van der Waals surface area contributed by atoms with Gasteiger partial charge in [-0.2, -0.15) is 0 Å². The predicted octanol–water partition coefficient (Wildman–Crippen LogP) is 6.61. The van der Waals surface area contributed by atoms with Crippen molar-refractivity contribution in [2.75, 3.05) is 24.7 Å². The van der Waals surface area contributed by atoms with E-state index in [1.807, 2.05) is 0 Å². The van der Waals surface area contributed by atoms with E-state index in [1.165, 1.54) is 62.6 Å². The van der Waals surface area contributed by atoms with Gasteiger partial charge in [-0.3, -0.25) is 9.10 Å². The van der Waals surface area contributed by atoms with Crippen molar-refractivity contribution in [3.8, 4) is 33.9 Å². The van der Waals surface area contributed by atoms with Gasteiger partial charge >= 0.3 is 0 Å². The number of fused-ring (bicyclic) bond motifs is 2. The third kappa shape index (κ3) is 4.67. The van der Waals surface area contributed by atoms with E-state index in [-0.39, 0.29) is 34.0 Å². The topological polar surface area (TPSA) is 106 Å². The number of oxazole rings is 1. The van der Waals surface area contributed by atoms with E-state index < -0.39 is 27.6 Å². The summed E-state index contributed by atoms with van der Waals surface area (Å²) >= 11 is 0. The summed E-state index contributed by atoms with van der Waals surface area (Å²) < 4.78 is 67.1. The van der Waals surface area contributed by atoms with Crippen LogP contribution in [-0.2, 0) is 10.0 Å². The van der Waals surface area contributed by atoms with Crippen LogP contribution in [0, 0.1) is 11.6 Å². The van der Waals surface area contributed by atoms with Gasteiger partial charge in [-0.05, 0) is 60.2 Å². The van der Waals surface area contributed by atoms with Crippen molar-refractivity contribution >= 4 is 43.7 Å². The average Bonchev–Trinajstić information content (AvgIpc) is 3.57. The van der Waals surface area contributed by atoms with Crippen molar-refractivity contribution in [2.24, 2.45) is 0 Å². The highest BCUT2D eigenvalue weighted by Crippen LogP contribution is 2.42. The number of furan rings is 1. The number of nitrogens with zero attached hydrogens (tertiary/aromatic N) is 2. The Hall–Kier alpha value is -5.03. The second kappa shape index (κ2) is 10.1. The van der Waals surface area contributed by atoms with Crippen LogP contribution in [0.4, 0.5) is 14.5 Å². The number of hydrogen-bond acceptors (Lipinski definition) is 6. The SMILES string of the molecule is CNC(=O)c1c(-c2ccc(F)cc2)oc2cc(N(C)S(C)(=O)=O)c(-c3ccc(F)c(-c4nc5ccccc5o4)c3)cc12. The second-order valence-electron chi connectivity index (χ2n) is 9.67. The van der Waals surface area contributed by atoms with Gasteiger partial charge in [0.2, 0.25) is 15.9 Å². The van der Waals surface area contributed by atoms with E-state index in [0.717, 1.165) is 10.6 Å². The number of rotatable bonds is 6. The molecule has 212 valence electrons. The normalized spacial score (nSPS) is 11.7. The highest BCUT2D eigenvalue weighted by molar-refractivity contribution is 7.92. The average molecular weight is 588 g/mol. The lowest BCUT2D eigenvalue weighted by Gasteiger charge is -2.21. The molecule has 11 heteroatoms. The number of aromatic nitrogens is 1. The lowest BCUT2D eigenvalue weighted by atomic mass is 9.97. The summed E-state index contributed by atoms with van der Waals surface area (Å²) in [6.07, 6.45) is 1.05. The maximum atomic E-state index is 15.1. The zero-order valence-electron chi connectivity index (χ0n) is 22.6. The number of para-hydroxylation sites is 2. The third-order valence-corrected chi connectivity index (χ3v) is 8.20. The van der Waals surface area contributed by atoms with Crippen molar-refractivity contribution in [1.82, 2.24) is 10.3 Å². The van der Waals surface area contributed by atoms with Crippen molar-refractivity contribution in [3.05, 3.63) is 96.1 Å². The molecule has 6 aromatic rings. The molecule has 4 aromatic carbocycles. The number of amides is 1. The molecular weight excluding hydrogens is 564 g/mol. The van der Waals surface area contributed by atoms with Gasteiger partial charge in [-0.15, -0.1) is 0 Å². The molecule has 0 atom stereocenters. The molecule has 0 bridgehead atoms. The van der Waals surface area contributed by atoms with Gasteiger partial charge in [-0.1, -0.05) is 18.2 Å². The van der Waals surface area contributed by atoms with Crippen molar-refractivity contribution in [3.63, 3.8) is 0 Å². The van der Waals surface area contributed by atoms with Crippen LogP contribution >= 0.6 is 0 Å². The smallest absolute Gasteiger partial charge is 0.255 e. The fourth-order valence-electron chi connectivity index (χ4n) is 4.80. The van der Waals surface area contributed by atoms with E-state index >= 15 is 4.39 Å². The van der Waals surface area contributed by atoms with E-state index in [1.54, 1.807) is 30.3 Å². The van der Waals surface area contributed by atoms with E-state index in [4.69, 9.17) is 8.83 Å². The summed E-state index contributed by atoms with van der Waals surface area (Å²) in [7, 11) is -0.907. The van der Waals surface area contributed by atoms with Gasteiger partial charge in [0.15, 0.2) is 5.58 Å². The number of sulfonamides is 1. The molecule has 0 spiro atoms. The molecule has 0 aliphatic heterocycles. The Morgan fingerprint density at radius 2 is 1.60 bits per heavy atom. The largest absolute Gasteiger partial charge is 0.455 e. The van der Waals surface area contributed by atoms with Crippen LogP contribution in [0.1, 0.15) is 10.4 Å². The summed E-state index contributed by atoms with van der Waals surface area (Å²) in [5, 5.41) is 2.98. The van der Waals surface area contributed by atoms with Crippen LogP contribution in [0.25, 0.3) is 56.0 Å². The zero-order valence-corrected chi connectivity index (χ0v) is 23.4. The molecule has 0 aliphatic carbocycles. The number of nitrogens with one attached hydrogen (secondary N) is 1. The Labute approximate surface area is 239 Å². The van der Waals surface area contributed by atoms with E-state index in [9.17, 15) is 17.6 Å². The molecular formula is C31H23F2N3O5S. The van der Waals surface area contributed by atoms with Gasteiger partial charge in [0.25, 0.3) is 5.91 Å². The molecule has 1 amide bonds. The Kier molecular flexibility index (Phi) is 6.53. The highest BCUT2D eigenvalue weighted by atomic mass is 32.2. The Morgan fingerprint density at radius 1 is 0.881 bits per heavy atom. The lowest BCUT2D eigenvalue weighted by Crippen LogP contribution is -2.25. The first-order valence-corrected chi connectivity index (χ1v) is 14.6. The number of hydrogen-bond donors (Lipinski definition) is 1. The van der Waals surface area contributed by atoms with Crippen LogP contribution in [0.15, 0.2) is 87.7 Å². The summed E-state index contributed by atoms with van der Waals surface area (Å²) in [4.78, 5) is 17.5. The van der Waals surface area contributed by atoms with Crippen molar-refractivity contribution < 1.29 is 30.8 Å². The number of benzene rings is 4. The van der Waals surface area contributed by atoms with Crippen LogP contribution in [0.5, 0.6) is 0 Å². The first kappa shape index (κ1) is 27.2. The van der Waals surface area contributed by atoms with Gasteiger partial charge in [0, 0.05) is 36.7 Å². The van der Waals surface area contributed by atoms with Gasteiger partial charge in [0.05, 0.1) is 23.1 Å². The van der Waals surface area contributed by atoms with Crippen LogP contribution in [0.3, 0.4) is 0 Å². The fourth-order valence-corrected chi connectivity index (χ4v) is 5.31. The minimum atomic E-state index is -3.76. The summed E-state index contributed by atoms with van der Waals surface area (Å²) in [6.45, 7) is 0. The molecule has 0 unspecified atom stereocenters. The predicted molar refractivity (Wildman–Crippen MR) is 157 cm³/mol. The fraction of sp³-hybridized carbons (Fsp3) is 0.0968. The Bertz CT molecular complexity index is 2090. The summed E-state index contributed by atoms with van der Waals surface area (Å²) in [5.74, 6) is -1.27. The minimum Gasteiger partial charge on any atom is -0.455 e. The summed E-state index contributed by atoms with van der Waals surface area (Å²) in [6, 6.07) is 19.9. The first-order chi connectivity index (χ1) is 20.0. The van der Waals surface area contributed by atoms with Gasteiger partial charge in [0.1, 0.15) is 28.5 Å². The maximum Gasteiger partial charge on any atom is 0.255 e. The van der Waals surface area contributed by atoms with Crippen LogP contribution in [0.2, 0.25) is 0 Å². The lowest BCUT2D eigenvalue weighted by molar-refractivity contribution is 0.0964. The first-order valence-electron chi connectivity index (χ1n) is 12.7. The highest BCUT2D eigenvalue weighted by Gasteiger charge is 2.26. The molecule has 0 radical (unpaired) electrons. The molecule has 42 heavy (non-hydrogen) atoms. The molecule has 8 nitrogen and oxygen atoms in total. The summed E-state index contributed by atoms with van der Waals surface area (Å²) in [5.41, 5.74) is 3.00. The second-order valence-corrected chi connectivity index (χ2v) is 11.7. The molecule has 0 saturated carbocycles. The van der Waals surface area contributed by atoms with Crippen LogP contribution < -0.4 is 9.62 Å². The van der Waals surface area contributed by atoms with E-state index in [0.29, 0.717) is 33.2 Å². The van der Waals surface area contributed by atoms with E-state index in [2.05, 4.69) is 10.3 Å². The molecule has 0 aliphatic rings. The zero-order chi connectivity index (χ0) is 29.8. The molecule has 2 aromatic heterocycles. The molecule has 0 saturated heterocycles. The molecule has 1 N–H and O–H groups in total. The van der Waals surface area contributed by atoms with Crippen molar-refractivity contribution in [2.45, 2.75) is 0 Å². The quantitative estimate of drug-likeness (QED) is 0.235. The number of halogens is 2. The minimum absolute atomic E-state index is 0.0580. The Morgan fingerprint density at radius 3 is 2.29 bits per heavy atom. The maximum absolute atomic E-state index is 15.1. The molecule has 6 rings (SSSR count). The van der Waals surface area contributed by atoms with Gasteiger partial charge in [-0.25, -0.2) is 22.2 Å². The standard InChI is InChI=1S/C31H23F2N3O5S/c1-34-30(37)28-22-15-20(18-10-13-23(33)21(14-18)31-35-24-6-4-5-7-26(24)41-31)25(36(2)42(3,38)39)16-27(22)40-29(28)17-8-11-19(32)12-9-17/h4-16H,1-3H3,(H,34,37). The Balaban J connectivity index is 1.63. The molecule has 0 fully saturated rings. The number of carbonyl (C=O) groups is 1. The number of carbonyl (C=O) groups excluding carboxylic acids is 1. The third-order valence-electron chi connectivity index (χ3n) is 7.01. The van der Waals surface area contributed by atoms with Crippen LogP contribution in [-0.4, -0.2) is 39.7 Å². The number of anilines is 1. The molecule has 2 heterocycles. The monoisotopic (exact) mass is 587 g/mol.